The number of carbonyl (C=O) groups excluding carboxylic acids is 3. The molecule has 5 aromatic rings. The third-order valence-electron chi connectivity index (χ3n) is 6.36. The van der Waals surface area contributed by atoms with Gasteiger partial charge in [-0.15, -0.1) is 0 Å². The van der Waals surface area contributed by atoms with E-state index in [9.17, 15) is 19.5 Å². The number of hydrogen-bond acceptors (Lipinski definition) is 6. The van der Waals surface area contributed by atoms with Gasteiger partial charge in [0.25, 0.3) is 0 Å². The lowest BCUT2D eigenvalue weighted by molar-refractivity contribution is -0.140. The molecule has 0 aliphatic rings. The van der Waals surface area contributed by atoms with Crippen LogP contribution < -0.4 is 0 Å². The molecule has 188 valence electrons. The van der Waals surface area contributed by atoms with Crippen LogP contribution in [0.1, 0.15) is 45.7 Å². The lowest BCUT2D eigenvalue weighted by Gasteiger charge is -2.09. The lowest BCUT2D eigenvalue weighted by Crippen LogP contribution is -2.11. The molecule has 1 heterocycles. The lowest BCUT2D eigenvalue weighted by atomic mass is 10.0. The Balaban J connectivity index is 1.54. The fourth-order valence-corrected chi connectivity index (χ4v) is 4.47. The van der Waals surface area contributed by atoms with Gasteiger partial charge in [0.05, 0.1) is 17.6 Å². The van der Waals surface area contributed by atoms with Crippen molar-refractivity contribution in [3.63, 3.8) is 0 Å². The molecule has 0 spiro atoms. The van der Waals surface area contributed by atoms with Crippen LogP contribution in [-0.2, 0) is 16.2 Å². The summed E-state index contributed by atoms with van der Waals surface area (Å²) in [5, 5.41) is 14.7. The highest BCUT2D eigenvalue weighted by atomic mass is 16.7. The summed E-state index contributed by atoms with van der Waals surface area (Å²) >= 11 is 0. The van der Waals surface area contributed by atoms with Gasteiger partial charge in [-0.2, -0.15) is 0 Å². The van der Waals surface area contributed by atoms with Gasteiger partial charge in [-0.05, 0) is 61.0 Å². The smallest absolute Gasteiger partial charge is 0.331 e. The van der Waals surface area contributed by atoms with Crippen molar-refractivity contribution in [2.75, 3.05) is 0 Å². The molecule has 38 heavy (non-hydrogen) atoms. The number of fused-ring (bicyclic) bond motifs is 3. The molecular weight excluding hydrogens is 480 g/mol. The van der Waals surface area contributed by atoms with Crippen molar-refractivity contribution in [2.45, 2.75) is 20.5 Å². The molecule has 7 nitrogen and oxygen atoms in total. The maximum absolute atomic E-state index is 13.0. The minimum absolute atomic E-state index is 0.0704. The van der Waals surface area contributed by atoms with Gasteiger partial charge in [-0.1, -0.05) is 47.6 Å². The standard InChI is InChI=1S/C31H24N2O5/c1-19(32-38-20(2)35)30(36)24-13-16-29-27(17-24)26-5-3-4-6-28(26)33(29)25-14-11-23(12-15-25)31(37)22-9-7-21(18-34)8-10-22/h3-17,34H,18H2,1-2H3. The van der Waals surface area contributed by atoms with Crippen LogP contribution in [0.5, 0.6) is 0 Å². The number of ketones is 2. The minimum atomic E-state index is -0.594. The number of benzene rings is 4. The van der Waals surface area contributed by atoms with Crippen molar-refractivity contribution in [3.8, 4) is 5.69 Å². The largest absolute Gasteiger partial charge is 0.392 e. The number of Topliss-reactive ketones (excluding diaryl/α,β-unsaturated/α-hetero) is 1. The van der Waals surface area contributed by atoms with Crippen LogP contribution in [0.15, 0.2) is 96.2 Å². The number of oxime groups is 1. The van der Waals surface area contributed by atoms with Crippen LogP contribution in [0.2, 0.25) is 0 Å². The first-order chi connectivity index (χ1) is 18.4. The van der Waals surface area contributed by atoms with E-state index in [0.29, 0.717) is 16.7 Å². The van der Waals surface area contributed by atoms with Crippen molar-refractivity contribution >= 4 is 45.1 Å². The number of aromatic nitrogens is 1. The Hall–Kier alpha value is -4.88. The molecule has 0 aliphatic heterocycles. The maximum Gasteiger partial charge on any atom is 0.331 e. The van der Waals surface area contributed by atoms with E-state index in [0.717, 1.165) is 33.1 Å². The highest BCUT2D eigenvalue weighted by Gasteiger charge is 2.17. The Morgan fingerprint density at radius 1 is 0.763 bits per heavy atom. The van der Waals surface area contributed by atoms with Crippen LogP contribution in [-0.4, -0.2) is 32.9 Å². The second-order valence-electron chi connectivity index (χ2n) is 8.90. The molecule has 0 unspecified atom stereocenters. The topological polar surface area (TPSA) is 98.0 Å². The van der Waals surface area contributed by atoms with Crippen LogP contribution >= 0.6 is 0 Å². The summed E-state index contributed by atoms with van der Waals surface area (Å²) in [6.07, 6.45) is 0. The quantitative estimate of drug-likeness (QED) is 0.134. The minimum Gasteiger partial charge on any atom is -0.392 e. The fourth-order valence-electron chi connectivity index (χ4n) is 4.47. The van der Waals surface area contributed by atoms with Crippen LogP contribution in [0, 0.1) is 0 Å². The Kier molecular flexibility index (Phi) is 6.68. The molecule has 1 aromatic heterocycles. The molecule has 0 amide bonds. The Bertz CT molecular complexity index is 1730. The van der Waals surface area contributed by atoms with Crippen molar-refractivity contribution in [3.05, 3.63) is 113 Å². The summed E-state index contributed by atoms with van der Waals surface area (Å²) < 4.78 is 2.09. The molecular formula is C31H24N2O5. The number of hydrogen-bond donors (Lipinski definition) is 1. The SMILES string of the molecule is CC(=O)ON=C(C)C(=O)c1ccc2c(c1)c1ccccc1n2-c1ccc(C(=O)c2ccc(CO)cc2)cc1. The predicted molar refractivity (Wildman–Crippen MR) is 146 cm³/mol. The highest BCUT2D eigenvalue weighted by molar-refractivity contribution is 6.45. The van der Waals surface area contributed by atoms with Crippen LogP contribution in [0.3, 0.4) is 0 Å². The van der Waals surface area contributed by atoms with Crippen molar-refractivity contribution in [1.29, 1.82) is 0 Å². The zero-order chi connectivity index (χ0) is 26.8. The average molecular weight is 505 g/mol. The summed E-state index contributed by atoms with van der Waals surface area (Å²) in [4.78, 5) is 41.5. The van der Waals surface area contributed by atoms with E-state index in [1.807, 2.05) is 48.5 Å². The average Bonchev–Trinajstić information content (AvgIpc) is 3.29. The number of carbonyl (C=O) groups is 3. The number of aliphatic hydroxyl groups is 1. The van der Waals surface area contributed by atoms with Gasteiger partial charge in [-0.3, -0.25) is 9.59 Å². The van der Waals surface area contributed by atoms with Crippen molar-refractivity contribution in [2.24, 2.45) is 5.16 Å². The normalized spacial score (nSPS) is 11.6. The zero-order valence-electron chi connectivity index (χ0n) is 20.8. The van der Waals surface area contributed by atoms with E-state index in [4.69, 9.17) is 0 Å². The number of nitrogens with zero attached hydrogens (tertiary/aromatic N) is 2. The number of para-hydroxylation sites is 1. The third kappa shape index (κ3) is 4.63. The summed E-state index contributed by atoms with van der Waals surface area (Å²) in [7, 11) is 0. The van der Waals surface area contributed by atoms with Gasteiger partial charge in [0, 0.05) is 40.1 Å². The fraction of sp³-hybridized carbons (Fsp3) is 0.0968. The first kappa shape index (κ1) is 24.8. The van der Waals surface area contributed by atoms with Gasteiger partial charge in [0.1, 0.15) is 5.71 Å². The first-order valence-electron chi connectivity index (χ1n) is 12.0. The van der Waals surface area contributed by atoms with Gasteiger partial charge in [-0.25, -0.2) is 4.79 Å². The van der Waals surface area contributed by atoms with Gasteiger partial charge < -0.3 is 14.5 Å². The van der Waals surface area contributed by atoms with Gasteiger partial charge in [0.15, 0.2) is 5.78 Å². The summed E-state index contributed by atoms with van der Waals surface area (Å²) in [6.45, 7) is 2.65. The van der Waals surface area contributed by atoms with E-state index in [1.54, 1.807) is 42.5 Å². The van der Waals surface area contributed by atoms with Gasteiger partial charge >= 0.3 is 5.97 Å². The first-order valence-corrected chi connectivity index (χ1v) is 12.0. The summed E-state index contributed by atoms with van der Waals surface area (Å²) in [5.74, 6) is -1.03. The van der Waals surface area contributed by atoms with Crippen molar-refractivity contribution in [1.82, 2.24) is 4.57 Å². The second kappa shape index (κ2) is 10.2. The molecule has 0 aliphatic carbocycles. The summed E-state index contributed by atoms with van der Waals surface area (Å²) in [6, 6.07) is 27.6. The molecule has 0 bridgehead atoms. The monoisotopic (exact) mass is 504 g/mol. The predicted octanol–water partition coefficient (Wildman–Crippen LogP) is 5.63. The van der Waals surface area contributed by atoms with Crippen LogP contribution in [0.4, 0.5) is 0 Å². The van der Waals surface area contributed by atoms with Crippen molar-refractivity contribution < 1.29 is 24.3 Å². The number of rotatable bonds is 7. The molecule has 0 fully saturated rings. The van der Waals surface area contributed by atoms with E-state index >= 15 is 0 Å². The molecule has 0 saturated heterocycles. The molecule has 0 atom stereocenters. The van der Waals surface area contributed by atoms with Gasteiger partial charge in [0.2, 0.25) is 5.78 Å². The molecule has 0 saturated carbocycles. The highest BCUT2D eigenvalue weighted by Crippen LogP contribution is 2.33. The molecule has 0 radical (unpaired) electrons. The Labute approximate surface area is 218 Å². The molecule has 4 aromatic carbocycles. The van der Waals surface area contributed by atoms with E-state index in [1.165, 1.54) is 13.8 Å². The molecule has 1 N–H and O–H groups in total. The van der Waals surface area contributed by atoms with Crippen LogP contribution in [0.25, 0.3) is 27.5 Å². The Morgan fingerprint density at radius 2 is 1.37 bits per heavy atom. The van der Waals surface area contributed by atoms with E-state index < -0.39 is 5.97 Å². The molecule has 7 heteroatoms. The molecule has 5 rings (SSSR count). The van der Waals surface area contributed by atoms with E-state index in [-0.39, 0.29) is 23.9 Å². The maximum atomic E-state index is 13.0. The third-order valence-corrected chi connectivity index (χ3v) is 6.36. The summed E-state index contributed by atoms with van der Waals surface area (Å²) in [5.41, 5.74) is 5.09. The van der Waals surface area contributed by atoms with E-state index in [2.05, 4.69) is 14.6 Å². The number of aliphatic hydroxyl groups excluding tert-OH is 1. The zero-order valence-corrected chi connectivity index (χ0v) is 20.8. The Morgan fingerprint density at radius 3 is 2.03 bits per heavy atom. The second-order valence-corrected chi connectivity index (χ2v) is 8.90.